The highest BCUT2D eigenvalue weighted by molar-refractivity contribution is 5.57. The summed E-state index contributed by atoms with van der Waals surface area (Å²) in [6.45, 7) is 0.605. The van der Waals surface area contributed by atoms with Crippen molar-refractivity contribution in [1.29, 1.82) is 0 Å². The second kappa shape index (κ2) is 6.08. The minimum atomic E-state index is -0.546. The van der Waals surface area contributed by atoms with Gasteiger partial charge in [0.15, 0.2) is 0 Å². The Morgan fingerprint density at radius 2 is 1.95 bits per heavy atom. The molecule has 1 aromatic heterocycles. The summed E-state index contributed by atoms with van der Waals surface area (Å²) in [6.07, 6.45) is 0. The molecule has 0 fully saturated rings. The zero-order chi connectivity index (χ0) is 15.4. The van der Waals surface area contributed by atoms with E-state index in [0.717, 1.165) is 11.3 Å². The van der Waals surface area contributed by atoms with E-state index in [-0.39, 0.29) is 11.5 Å². The fourth-order valence-corrected chi connectivity index (χ4v) is 1.91. The van der Waals surface area contributed by atoms with Gasteiger partial charge < -0.3 is 15.4 Å². The Morgan fingerprint density at radius 1 is 1.29 bits per heavy atom. The molecule has 0 radical (unpaired) electrons. The Hall–Kier alpha value is -2.83. The zero-order valence-electron chi connectivity index (χ0n) is 11.8. The third-order valence-corrected chi connectivity index (χ3v) is 3.05. The molecule has 110 valence electrons. The van der Waals surface area contributed by atoms with Gasteiger partial charge in [0.2, 0.25) is 5.82 Å². The molecule has 0 aliphatic rings. The van der Waals surface area contributed by atoms with Crippen LogP contribution in [0.3, 0.4) is 0 Å². The summed E-state index contributed by atoms with van der Waals surface area (Å²) >= 11 is 0. The van der Waals surface area contributed by atoms with Crippen molar-refractivity contribution in [3.05, 3.63) is 52.1 Å². The lowest BCUT2D eigenvalue weighted by Gasteiger charge is -2.18. The molecule has 0 aliphatic heterocycles. The molecule has 2 rings (SSSR count). The predicted molar refractivity (Wildman–Crippen MR) is 80.4 cm³/mol. The van der Waals surface area contributed by atoms with Gasteiger partial charge in [0, 0.05) is 19.7 Å². The number of hydrogen-bond acceptors (Lipinski definition) is 6. The molecule has 7 nitrogen and oxygen atoms in total. The summed E-state index contributed by atoms with van der Waals surface area (Å²) in [6, 6.07) is 10.6. The second-order valence-electron chi connectivity index (χ2n) is 4.54. The fraction of sp³-hybridized carbons (Fsp3) is 0.214. The average Bonchev–Trinajstić information content (AvgIpc) is 2.47. The van der Waals surface area contributed by atoms with E-state index in [1.165, 1.54) is 6.07 Å². The highest BCUT2D eigenvalue weighted by Gasteiger charge is 2.14. The maximum atomic E-state index is 10.7. The highest BCUT2D eigenvalue weighted by atomic mass is 16.6. The number of aromatic nitrogens is 1. The standard InChI is InChI=1S/C14H16N4O3/c1-17(9-10-3-5-11(21-2)6-4-10)13-8-7-12(18(19)20)14(15)16-13/h3-8H,9H2,1-2H3,(H2,15,16). The van der Waals surface area contributed by atoms with Crippen LogP contribution in [0.15, 0.2) is 36.4 Å². The summed E-state index contributed by atoms with van der Waals surface area (Å²) in [4.78, 5) is 16.1. The number of hydrogen-bond donors (Lipinski definition) is 1. The maximum absolute atomic E-state index is 10.7. The van der Waals surface area contributed by atoms with Crippen LogP contribution in [0.2, 0.25) is 0 Å². The highest BCUT2D eigenvalue weighted by Crippen LogP contribution is 2.23. The molecular formula is C14H16N4O3. The monoisotopic (exact) mass is 288 g/mol. The molecule has 0 aliphatic carbocycles. The smallest absolute Gasteiger partial charge is 0.311 e. The first-order valence-corrected chi connectivity index (χ1v) is 6.26. The number of anilines is 2. The van der Waals surface area contributed by atoms with Crippen molar-refractivity contribution in [2.75, 3.05) is 24.8 Å². The lowest BCUT2D eigenvalue weighted by atomic mass is 10.2. The van der Waals surface area contributed by atoms with Crippen LogP contribution in [-0.4, -0.2) is 24.1 Å². The van der Waals surface area contributed by atoms with E-state index in [2.05, 4.69) is 4.98 Å². The minimum absolute atomic E-state index is 0.0842. The molecule has 0 amide bonds. The van der Waals surface area contributed by atoms with Crippen LogP contribution in [0.25, 0.3) is 0 Å². The molecule has 2 aromatic rings. The van der Waals surface area contributed by atoms with Gasteiger partial charge in [-0.25, -0.2) is 4.98 Å². The van der Waals surface area contributed by atoms with Crippen molar-refractivity contribution in [3.8, 4) is 5.75 Å². The lowest BCUT2D eigenvalue weighted by molar-refractivity contribution is -0.384. The largest absolute Gasteiger partial charge is 0.497 e. The Kier molecular flexibility index (Phi) is 4.22. The van der Waals surface area contributed by atoms with Gasteiger partial charge in [-0.2, -0.15) is 0 Å². The van der Waals surface area contributed by atoms with Gasteiger partial charge in [0.1, 0.15) is 11.6 Å². The molecule has 21 heavy (non-hydrogen) atoms. The second-order valence-corrected chi connectivity index (χ2v) is 4.54. The third-order valence-electron chi connectivity index (χ3n) is 3.05. The van der Waals surface area contributed by atoms with Crippen molar-refractivity contribution >= 4 is 17.3 Å². The Morgan fingerprint density at radius 3 is 2.48 bits per heavy atom. The van der Waals surface area contributed by atoms with E-state index in [9.17, 15) is 10.1 Å². The SMILES string of the molecule is COc1ccc(CN(C)c2ccc([N+](=O)[O-])c(N)n2)cc1. The molecule has 7 heteroatoms. The molecule has 2 N–H and O–H groups in total. The summed E-state index contributed by atoms with van der Waals surface area (Å²) in [5, 5.41) is 10.7. The number of nitrogens with two attached hydrogens (primary N) is 1. The van der Waals surface area contributed by atoms with E-state index < -0.39 is 4.92 Å². The number of methoxy groups -OCH3 is 1. The van der Waals surface area contributed by atoms with Crippen molar-refractivity contribution in [2.45, 2.75) is 6.54 Å². The van der Waals surface area contributed by atoms with Crippen molar-refractivity contribution in [1.82, 2.24) is 4.98 Å². The third kappa shape index (κ3) is 3.38. The van der Waals surface area contributed by atoms with Gasteiger partial charge in [-0.3, -0.25) is 10.1 Å². The first-order chi connectivity index (χ1) is 10.0. The van der Waals surface area contributed by atoms with E-state index in [4.69, 9.17) is 10.5 Å². The molecule has 0 bridgehead atoms. The summed E-state index contributed by atoms with van der Waals surface area (Å²) in [5.41, 5.74) is 6.48. The van der Waals surface area contributed by atoms with Gasteiger partial charge >= 0.3 is 5.69 Å². The van der Waals surface area contributed by atoms with Crippen LogP contribution >= 0.6 is 0 Å². The molecule has 0 saturated carbocycles. The van der Waals surface area contributed by atoms with E-state index in [0.29, 0.717) is 12.4 Å². The van der Waals surface area contributed by atoms with Gasteiger partial charge in [-0.15, -0.1) is 0 Å². The Balaban J connectivity index is 2.14. The molecule has 0 spiro atoms. The predicted octanol–water partition coefficient (Wildman–Crippen LogP) is 2.22. The van der Waals surface area contributed by atoms with Crippen LogP contribution in [0.4, 0.5) is 17.3 Å². The number of rotatable bonds is 5. The molecular weight excluding hydrogens is 272 g/mol. The van der Waals surface area contributed by atoms with Gasteiger partial charge in [0.05, 0.1) is 12.0 Å². The minimum Gasteiger partial charge on any atom is -0.497 e. The van der Waals surface area contributed by atoms with Crippen LogP contribution < -0.4 is 15.4 Å². The van der Waals surface area contributed by atoms with Crippen molar-refractivity contribution < 1.29 is 9.66 Å². The topological polar surface area (TPSA) is 94.5 Å². The normalized spacial score (nSPS) is 10.2. The molecule has 0 saturated heterocycles. The van der Waals surface area contributed by atoms with Crippen LogP contribution in [0.1, 0.15) is 5.56 Å². The fourth-order valence-electron chi connectivity index (χ4n) is 1.91. The number of nitrogens with zero attached hydrogens (tertiary/aromatic N) is 3. The van der Waals surface area contributed by atoms with Crippen molar-refractivity contribution in [2.24, 2.45) is 0 Å². The summed E-state index contributed by atoms with van der Waals surface area (Å²) in [7, 11) is 3.46. The number of nitrogen functional groups attached to an aromatic ring is 1. The molecule has 1 heterocycles. The summed E-state index contributed by atoms with van der Waals surface area (Å²) < 4.78 is 5.10. The lowest BCUT2D eigenvalue weighted by Crippen LogP contribution is -2.18. The average molecular weight is 288 g/mol. The van der Waals surface area contributed by atoms with Crippen molar-refractivity contribution in [3.63, 3.8) is 0 Å². The van der Waals surface area contributed by atoms with Crippen LogP contribution in [-0.2, 0) is 6.54 Å². The van der Waals surface area contributed by atoms with E-state index >= 15 is 0 Å². The zero-order valence-corrected chi connectivity index (χ0v) is 11.8. The van der Waals surface area contributed by atoms with Gasteiger partial charge in [-0.05, 0) is 23.8 Å². The molecule has 1 aromatic carbocycles. The number of ether oxygens (including phenoxy) is 1. The number of nitro groups is 1. The number of benzene rings is 1. The Bertz CT molecular complexity index is 643. The van der Waals surface area contributed by atoms with E-state index in [1.54, 1.807) is 13.2 Å². The summed E-state index contributed by atoms with van der Waals surface area (Å²) in [5.74, 6) is 1.28. The van der Waals surface area contributed by atoms with E-state index in [1.807, 2.05) is 36.2 Å². The van der Waals surface area contributed by atoms with Gasteiger partial charge in [0.25, 0.3) is 0 Å². The van der Waals surface area contributed by atoms with Crippen LogP contribution in [0.5, 0.6) is 5.75 Å². The first kappa shape index (κ1) is 14.6. The van der Waals surface area contributed by atoms with Crippen LogP contribution in [0, 0.1) is 10.1 Å². The molecule has 0 unspecified atom stereocenters. The quantitative estimate of drug-likeness (QED) is 0.669. The number of pyridine rings is 1. The first-order valence-electron chi connectivity index (χ1n) is 6.26. The maximum Gasteiger partial charge on any atom is 0.311 e. The molecule has 0 atom stereocenters. The van der Waals surface area contributed by atoms with Gasteiger partial charge in [-0.1, -0.05) is 12.1 Å². The Labute approximate surface area is 122 Å².